The lowest BCUT2D eigenvalue weighted by Gasteiger charge is -2.34. The third-order valence-corrected chi connectivity index (χ3v) is 1.94. The van der Waals surface area contributed by atoms with Gasteiger partial charge < -0.3 is 10.2 Å². The topological polar surface area (TPSA) is 40.5 Å². The first-order valence-corrected chi connectivity index (χ1v) is 3.66. The van der Waals surface area contributed by atoms with Crippen LogP contribution in [0.3, 0.4) is 0 Å². The largest absolute Gasteiger partial charge is 0.379 e. The van der Waals surface area contributed by atoms with Crippen molar-refractivity contribution in [2.75, 3.05) is 0 Å². The molecule has 5 heteroatoms. The van der Waals surface area contributed by atoms with E-state index in [0.29, 0.717) is 0 Å². The number of alkyl halides is 3. The molecule has 0 amide bonds. The second-order valence-electron chi connectivity index (χ2n) is 2.89. The summed E-state index contributed by atoms with van der Waals surface area (Å²) in [6.07, 6.45) is 0.771. The lowest BCUT2D eigenvalue weighted by Crippen LogP contribution is -2.54. The molecule has 0 aromatic carbocycles. The van der Waals surface area contributed by atoms with Crippen LogP contribution in [0, 0.1) is 0 Å². The third kappa shape index (κ3) is 1.62. The van der Waals surface area contributed by atoms with Crippen molar-refractivity contribution in [3.05, 3.63) is 24.3 Å². The van der Waals surface area contributed by atoms with Gasteiger partial charge in [-0.1, -0.05) is 18.2 Å². The monoisotopic (exact) mass is 194 g/mol. The van der Waals surface area contributed by atoms with Crippen LogP contribution in [-0.2, 0) is 0 Å². The molecule has 1 aliphatic carbocycles. The van der Waals surface area contributed by atoms with E-state index in [1.54, 1.807) is 0 Å². The number of allylic oxidation sites excluding steroid dienone is 2. The molecular weight excluding hydrogens is 185 g/mol. The van der Waals surface area contributed by atoms with E-state index in [1.165, 1.54) is 18.2 Å². The van der Waals surface area contributed by atoms with Crippen molar-refractivity contribution in [1.82, 2.24) is 0 Å². The fourth-order valence-corrected chi connectivity index (χ4v) is 1.06. The third-order valence-electron chi connectivity index (χ3n) is 1.94. The SMILES string of the molecule is O[C@]1([C@](O)(F)C(F)F)C=CC=CC1. The van der Waals surface area contributed by atoms with Crippen LogP contribution in [0.15, 0.2) is 24.3 Å². The second-order valence-corrected chi connectivity index (χ2v) is 2.89. The van der Waals surface area contributed by atoms with Gasteiger partial charge >= 0.3 is 5.85 Å². The molecule has 0 aliphatic heterocycles. The van der Waals surface area contributed by atoms with Crippen molar-refractivity contribution in [2.45, 2.75) is 24.3 Å². The summed E-state index contributed by atoms with van der Waals surface area (Å²) in [5.41, 5.74) is -2.53. The Morgan fingerprint density at radius 3 is 2.38 bits per heavy atom. The fraction of sp³-hybridized carbons (Fsp3) is 0.500. The molecule has 0 aromatic rings. The van der Waals surface area contributed by atoms with Gasteiger partial charge in [-0.05, 0) is 6.08 Å². The van der Waals surface area contributed by atoms with Crippen LogP contribution in [-0.4, -0.2) is 28.1 Å². The first kappa shape index (κ1) is 10.3. The average molecular weight is 194 g/mol. The highest BCUT2D eigenvalue weighted by atomic mass is 19.3. The molecule has 0 aromatic heterocycles. The number of rotatable bonds is 2. The molecule has 0 saturated carbocycles. The molecule has 13 heavy (non-hydrogen) atoms. The van der Waals surface area contributed by atoms with Crippen LogP contribution in [0.5, 0.6) is 0 Å². The molecule has 0 bridgehead atoms. The van der Waals surface area contributed by atoms with Crippen molar-refractivity contribution in [3.8, 4) is 0 Å². The van der Waals surface area contributed by atoms with Gasteiger partial charge in [0, 0.05) is 6.42 Å². The molecule has 0 heterocycles. The Morgan fingerprint density at radius 2 is 2.00 bits per heavy atom. The van der Waals surface area contributed by atoms with E-state index in [-0.39, 0.29) is 6.42 Å². The summed E-state index contributed by atoms with van der Waals surface area (Å²) in [5, 5.41) is 18.1. The number of aliphatic hydroxyl groups is 2. The Morgan fingerprint density at radius 1 is 1.38 bits per heavy atom. The van der Waals surface area contributed by atoms with Crippen LogP contribution in [0.2, 0.25) is 0 Å². The van der Waals surface area contributed by atoms with Crippen LogP contribution in [0.25, 0.3) is 0 Å². The van der Waals surface area contributed by atoms with Crippen LogP contribution >= 0.6 is 0 Å². The van der Waals surface area contributed by atoms with E-state index in [9.17, 15) is 18.3 Å². The summed E-state index contributed by atoms with van der Waals surface area (Å²) in [6.45, 7) is 0. The lowest BCUT2D eigenvalue weighted by atomic mass is 9.87. The molecular formula is C8H9F3O2. The Hall–Kier alpha value is -0.810. The van der Waals surface area contributed by atoms with Gasteiger partial charge in [0.25, 0.3) is 6.43 Å². The van der Waals surface area contributed by atoms with E-state index in [2.05, 4.69) is 0 Å². The van der Waals surface area contributed by atoms with Gasteiger partial charge in [-0.3, -0.25) is 0 Å². The van der Waals surface area contributed by atoms with E-state index < -0.39 is 17.9 Å². The standard InChI is InChI=1S/C8H9F3O2/c9-6(10)8(11,13)7(12)4-2-1-3-5-7/h1-4,6,12-13H,5H2/t7-,8+/m1/s1. The summed E-state index contributed by atoms with van der Waals surface area (Å²) in [5.74, 6) is -3.91. The van der Waals surface area contributed by atoms with Gasteiger partial charge in [-0.2, -0.15) is 0 Å². The predicted octanol–water partition coefficient (Wildman–Crippen LogP) is 1.16. The molecule has 1 rings (SSSR count). The van der Waals surface area contributed by atoms with Crippen molar-refractivity contribution < 1.29 is 23.4 Å². The van der Waals surface area contributed by atoms with Gasteiger partial charge in [-0.15, -0.1) is 0 Å². The average Bonchev–Trinajstić information content (AvgIpc) is 2.05. The summed E-state index contributed by atoms with van der Waals surface area (Å²) in [7, 11) is 0. The second kappa shape index (κ2) is 3.16. The summed E-state index contributed by atoms with van der Waals surface area (Å²) in [6, 6.07) is 0. The fourth-order valence-electron chi connectivity index (χ4n) is 1.06. The van der Waals surface area contributed by atoms with Crippen LogP contribution < -0.4 is 0 Å². The minimum absolute atomic E-state index is 0.374. The highest BCUT2D eigenvalue weighted by Crippen LogP contribution is 2.35. The maximum absolute atomic E-state index is 13.0. The molecule has 0 spiro atoms. The van der Waals surface area contributed by atoms with Gasteiger partial charge in [-0.25, -0.2) is 13.2 Å². The Kier molecular flexibility index (Phi) is 2.49. The van der Waals surface area contributed by atoms with Crippen LogP contribution in [0.1, 0.15) is 6.42 Å². The van der Waals surface area contributed by atoms with E-state index in [0.717, 1.165) is 6.08 Å². The van der Waals surface area contributed by atoms with Crippen molar-refractivity contribution in [3.63, 3.8) is 0 Å². The molecule has 2 atom stereocenters. The molecule has 0 saturated heterocycles. The normalized spacial score (nSPS) is 32.2. The summed E-state index contributed by atoms with van der Waals surface area (Å²) in [4.78, 5) is 0. The molecule has 0 unspecified atom stereocenters. The Balaban J connectivity index is 2.92. The molecule has 2 N–H and O–H groups in total. The van der Waals surface area contributed by atoms with E-state index in [4.69, 9.17) is 5.11 Å². The number of halogens is 3. The first-order chi connectivity index (χ1) is 5.90. The molecule has 74 valence electrons. The predicted molar refractivity (Wildman–Crippen MR) is 39.9 cm³/mol. The van der Waals surface area contributed by atoms with Crippen LogP contribution in [0.4, 0.5) is 13.2 Å². The van der Waals surface area contributed by atoms with E-state index in [1.807, 2.05) is 0 Å². The first-order valence-electron chi connectivity index (χ1n) is 3.66. The molecule has 1 aliphatic rings. The maximum atomic E-state index is 13.0. The quantitative estimate of drug-likeness (QED) is 0.692. The Labute approximate surface area is 73.0 Å². The highest BCUT2D eigenvalue weighted by Gasteiger charge is 2.55. The van der Waals surface area contributed by atoms with Gasteiger partial charge in [0.05, 0.1) is 0 Å². The zero-order valence-electron chi connectivity index (χ0n) is 6.62. The number of hydrogen-bond acceptors (Lipinski definition) is 2. The van der Waals surface area contributed by atoms with Crippen molar-refractivity contribution in [2.24, 2.45) is 0 Å². The van der Waals surface area contributed by atoms with Crippen molar-refractivity contribution >= 4 is 0 Å². The molecule has 0 radical (unpaired) electrons. The molecule has 2 nitrogen and oxygen atoms in total. The van der Waals surface area contributed by atoms with Gasteiger partial charge in [0.2, 0.25) is 0 Å². The lowest BCUT2D eigenvalue weighted by molar-refractivity contribution is -0.267. The Bertz CT molecular complexity index is 248. The minimum Gasteiger partial charge on any atom is -0.379 e. The summed E-state index contributed by atoms with van der Waals surface area (Å²) < 4.78 is 37.0. The highest BCUT2D eigenvalue weighted by molar-refractivity contribution is 5.22. The van der Waals surface area contributed by atoms with E-state index >= 15 is 0 Å². The maximum Gasteiger partial charge on any atom is 0.300 e. The minimum atomic E-state index is -3.91. The van der Waals surface area contributed by atoms with Gasteiger partial charge in [0.1, 0.15) is 0 Å². The smallest absolute Gasteiger partial charge is 0.300 e. The summed E-state index contributed by atoms with van der Waals surface area (Å²) >= 11 is 0. The number of hydrogen-bond donors (Lipinski definition) is 2. The molecule has 0 fully saturated rings. The zero-order chi connectivity index (χ0) is 10.1. The van der Waals surface area contributed by atoms with Crippen molar-refractivity contribution in [1.29, 1.82) is 0 Å². The zero-order valence-corrected chi connectivity index (χ0v) is 6.62. The van der Waals surface area contributed by atoms with Gasteiger partial charge in [0.15, 0.2) is 5.60 Å².